The van der Waals surface area contributed by atoms with E-state index in [0.29, 0.717) is 10.9 Å². The Morgan fingerprint density at radius 1 is 1.26 bits per heavy atom. The summed E-state index contributed by atoms with van der Waals surface area (Å²) in [4.78, 5) is 15.5. The Morgan fingerprint density at radius 2 is 2.04 bits per heavy atom. The molecule has 0 saturated carbocycles. The number of benzene rings is 2. The number of hydrazone groups is 1. The number of carbonyl (C=O) groups is 1. The van der Waals surface area contributed by atoms with Crippen LogP contribution in [0.25, 0.3) is 11.3 Å². The molecule has 138 valence electrons. The van der Waals surface area contributed by atoms with Gasteiger partial charge in [0.15, 0.2) is 11.5 Å². The van der Waals surface area contributed by atoms with E-state index in [1.807, 2.05) is 29.6 Å². The largest absolute Gasteiger partial charge is 0.504 e. The molecule has 2 aromatic carbocycles. The molecule has 3 aromatic rings. The van der Waals surface area contributed by atoms with Gasteiger partial charge in [-0.05, 0) is 35.9 Å². The van der Waals surface area contributed by atoms with E-state index in [0.717, 1.165) is 22.5 Å². The van der Waals surface area contributed by atoms with Crippen molar-refractivity contribution >= 4 is 34.3 Å². The van der Waals surface area contributed by atoms with Gasteiger partial charge in [0.1, 0.15) is 0 Å². The molecular formula is C19H18N4O3S. The Bertz CT molecular complexity index is 967. The number of phenolic OH excluding ortho intramolecular Hbond substituents is 1. The predicted molar refractivity (Wildman–Crippen MR) is 108 cm³/mol. The summed E-state index contributed by atoms with van der Waals surface area (Å²) in [5.74, 6) is 0.362. The van der Waals surface area contributed by atoms with E-state index in [9.17, 15) is 9.90 Å². The zero-order chi connectivity index (χ0) is 19.2. The number of hydrogen-bond acceptors (Lipinski definition) is 7. The van der Waals surface area contributed by atoms with Gasteiger partial charge in [0.2, 0.25) is 11.0 Å². The number of nitrogens with zero attached hydrogens (tertiary/aromatic N) is 2. The van der Waals surface area contributed by atoms with E-state index >= 15 is 0 Å². The number of carbonyl (C=O) groups excluding carboxylic acids is 1. The minimum atomic E-state index is -0.106. The highest BCUT2D eigenvalue weighted by atomic mass is 32.1. The molecule has 8 heteroatoms. The lowest BCUT2D eigenvalue weighted by Gasteiger charge is -2.03. The minimum Gasteiger partial charge on any atom is -0.504 e. The molecule has 1 amide bonds. The molecule has 3 N–H and O–H groups in total. The van der Waals surface area contributed by atoms with E-state index in [-0.39, 0.29) is 11.7 Å². The topological polar surface area (TPSA) is 95.8 Å². The molecular weight excluding hydrogens is 364 g/mol. The van der Waals surface area contributed by atoms with Crippen LogP contribution in [0.5, 0.6) is 11.5 Å². The monoisotopic (exact) mass is 382 g/mol. The number of hydrogen-bond donors (Lipinski definition) is 3. The van der Waals surface area contributed by atoms with Gasteiger partial charge in [-0.1, -0.05) is 12.1 Å². The minimum absolute atomic E-state index is 0.0562. The molecule has 0 saturated heterocycles. The van der Waals surface area contributed by atoms with Crippen molar-refractivity contribution in [2.75, 3.05) is 17.9 Å². The first-order valence-electron chi connectivity index (χ1n) is 8.05. The fourth-order valence-corrected chi connectivity index (χ4v) is 3.00. The van der Waals surface area contributed by atoms with Crippen LogP contribution < -0.4 is 15.5 Å². The van der Waals surface area contributed by atoms with Gasteiger partial charge in [-0.3, -0.25) is 10.2 Å². The molecule has 1 heterocycles. The normalized spacial score (nSPS) is 10.7. The molecule has 0 fully saturated rings. The first-order valence-corrected chi connectivity index (χ1v) is 8.93. The van der Waals surface area contributed by atoms with Crippen LogP contribution in [0.15, 0.2) is 52.9 Å². The molecule has 0 radical (unpaired) electrons. The lowest BCUT2D eigenvalue weighted by Crippen LogP contribution is -2.05. The summed E-state index contributed by atoms with van der Waals surface area (Å²) >= 11 is 1.43. The summed E-state index contributed by atoms with van der Waals surface area (Å²) in [5.41, 5.74) is 6.10. The Morgan fingerprint density at radius 3 is 2.70 bits per heavy atom. The molecule has 0 bridgehead atoms. The highest BCUT2D eigenvalue weighted by Gasteiger charge is 2.05. The van der Waals surface area contributed by atoms with Crippen LogP contribution in [0.4, 0.5) is 10.8 Å². The molecule has 0 unspecified atom stereocenters. The summed E-state index contributed by atoms with van der Waals surface area (Å²) in [7, 11) is 1.50. The van der Waals surface area contributed by atoms with Crippen molar-refractivity contribution in [3.05, 3.63) is 53.4 Å². The number of methoxy groups -OCH3 is 1. The van der Waals surface area contributed by atoms with Crippen LogP contribution >= 0.6 is 11.3 Å². The highest BCUT2D eigenvalue weighted by Crippen LogP contribution is 2.27. The average Bonchev–Trinajstić information content (AvgIpc) is 3.11. The standard InChI is InChI=1S/C19H18N4O3S/c1-12(24)21-15-6-4-14(5-7-15)16-11-27-19(22-16)23-20-10-13-3-8-18(26-2)17(25)9-13/h3-11,25H,1-2H3,(H,21,24)(H,22,23)/b20-10-. The number of phenols is 1. The lowest BCUT2D eigenvalue weighted by atomic mass is 10.1. The van der Waals surface area contributed by atoms with Crippen LogP contribution in [0.2, 0.25) is 0 Å². The van der Waals surface area contributed by atoms with Gasteiger partial charge >= 0.3 is 0 Å². The summed E-state index contributed by atoms with van der Waals surface area (Å²) < 4.78 is 5.01. The Kier molecular flexibility index (Phi) is 5.68. The molecule has 27 heavy (non-hydrogen) atoms. The highest BCUT2D eigenvalue weighted by molar-refractivity contribution is 7.14. The van der Waals surface area contributed by atoms with Crippen LogP contribution in [0.1, 0.15) is 12.5 Å². The van der Waals surface area contributed by atoms with Gasteiger partial charge in [-0.15, -0.1) is 11.3 Å². The SMILES string of the molecule is COc1ccc(/C=N\Nc2nc(-c3ccc(NC(C)=O)cc3)cs2)cc1O. The van der Waals surface area contributed by atoms with Crippen LogP contribution in [0.3, 0.4) is 0 Å². The number of aromatic nitrogens is 1. The molecule has 0 spiro atoms. The predicted octanol–water partition coefficient (Wildman–Crippen LogP) is 3.93. The van der Waals surface area contributed by atoms with Crippen LogP contribution in [-0.4, -0.2) is 29.3 Å². The summed E-state index contributed by atoms with van der Waals surface area (Å²) in [6, 6.07) is 12.5. The van der Waals surface area contributed by atoms with Crippen LogP contribution in [0, 0.1) is 0 Å². The second kappa shape index (κ2) is 8.33. The van der Waals surface area contributed by atoms with Crippen molar-refractivity contribution in [2.45, 2.75) is 6.92 Å². The third kappa shape index (κ3) is 4.83. The van der Waals surface area contributed by atoms with Crippen molar-refractivity contribution in [3.8, 4) is 22.8 Å². The molecule has 3 rings (SSSR count). The van der Waals surface area contributed by atoms with Gasteiger partial charge in [0.25, 0.3) is 0 Å². The molecule has 7 nitrogen and oxygen atoms in total. The number of aromatic hydroxyl groups is 1. The molecule has 0 atom stereocenters. The van der Waals surface area contributed by atoms with Crippen molar-refractivity contribution < 1.29 is 14.6 Å². The van der Waals surface area contributed by atoms with E-state index in [1.54, 1.807) is 24.4 Å². The van der Waals surface area contributed by atoms with Gasteiger partial charge in [-0.25, -0.2) is 4.98 Å². The maximum atomic E-state index is 11.1. The van der Waals surface area contributed by atoms with Crippen molar-refractivity contribution in [1.82, 2.24) is 4.98 Å². The zero-order valence-corrected chi connectivity index (χ0v) is 15.6. The van der Waals surface area contributed by atoms with Gasteiger partial charge < -0.3 is 15.2 Å². The maximum absolute atomic E-state index is 11.1. The smallest absolute Gasteiger partial charge is 0.221 e. The lowest BCUT2D eigenvalue weighted by molar-refractivity contribution is -0.114. The number of thiazole rings is 1. The van der Waals surface area contributed by atoms with Gasteiger partial charge in [0.05, 0.1) is 19.0 Å². The number of amides is 1. The summed E-state index contributed by atoms with van der Waals surface area (Å²) in [6.45, 7) is 1.47. The Labute approximate surface area is 160 Å². The second-order valence-corrected chi connectivity index (χ2v) is 6.46. The Balaban J connectivity index is 1.64. The third-order valence-corrected chi connectivity index (χ3v) is 4.33. The third-order valence-electron chi connectivity index (χ3n) is 3.58. The second-order valence-electron chi connectivity index (χ2n) is 5.60. The molecule has 0 aliphatic rings. The summed E-state index contributed by atoms with van der Waals surface area (Å²) in [5, 5.41) is 19.2. The van der Waals surface area contributed by atoms with Crippen molar-refractivity contribution in [2.24, 2.45) is 5.10 Å². The quantitative estimate of drug-likeness (QED) is 0.443. The zero-order valence-electron chi connectivity index (χ0n) is 14.8. The molecule has 0 aliphatic carbocycles. The maximum Gasteiger partial charge on any atom is 0.221 e. The van der Waals surface area contributed by atoms with E-state index in [1.165, 1.54) is 25.4 Å². The van der Waals surface area contributed by atoms with E-state index < -0.39 is 0 Å². The van der Waals surface area contributed by atoms with Gasteiger partial charge in [-0.2, -0.15) is 5.10 Å². The summed E-state index contributed by atoms with van der Waals surface area (Å²) in [6.07, 6.45) is 1.59. The van der Waals surface area contributed by atoms with Crippen LogP contribution in [-0.2, 0) is 4.79 Å². The molecule has 0 aliphatic heterocycles. The number of rotatable bonds is 6. The number of anilines is 2. The van der Waals surface area contributed by atoms with E-state index in [4.69, 9.17) is 4.74 Å². The number of nitrogens with one attached hydrogen (secondary N) is 2. The van der Waals surface area contributed by atoms with E-state index in [2.05, 4.69) is 20.8 Å². The molecule has 1 aromatic heterocycles. The first kappa shape index (κ1) is 18.4. The Hall–Kier alpha value is -3.39. The van der Waals surface area contributed by atoms with Crippen molar-refractivity contribution in [1.29, 1.82) is 0 Å². The fourth-order valence-electron chi connectivity index (χ4n) is 2.33. The average molecular weight is 382 g/mol. The first-order chi connectivity index (χ1) is 13.0. The van der Waals surface area contributed by atoms with Gasteiger partial charge in [0, 0.05) is 23.6 Å². The number of ether oxygens (including phenoxy) is 1. The van der Waals surface area contributed by atoms with Crippen molar-refractivity contribution in [3.63, 3.8) is 0 Å². The fraction of sp³-hybridized carbons (Fsp3) is 0.105.